The SMILES string of the molecule is c1ccc(-n2c3ccccc3c3cc(-c4ccc(-c5ccc6c7ccccc7n(-c7ccc8c9ccccc9c9ccccc9c8c7)c6c5)cc4)ccc32)cc1. The van der Waals surface area contributed by atoms with Crippen LogP contribution in [0.2, 0.25) is 0 Å². The Morgan fingerprint density at radius 3 is 1.25 bits per heavy atom. The van der Waals surface area contributed by atoms with Crippen LogP contribution < -0.4 is 0 Å². The van der Waals surface area contributed by atoms with Crippen molar-refractivity contribution in [3.05, 3.63) is 206 Å². The fourth-order valence-corrected chi connectivity index (χ4v) is 9.33. The van der Waals surface area contributed by atoms with Crippen LogP contribution in [0.5, 0.6) is 0 Å². The maximum Gasteiger partial charge on any atom is 0.0547 e. The molecule has 10 aromatic carbocycles. The van der Waals surface area contributed by atoms with E-state index in [1.54, 1.807) is 0 Å². The number of para-hydroxylation sites is 3. The summed E-state index contributed by atoms with van der Waals surface area (Å²) in [5.74, 6) is 0. The molecule has 0 aliphatic heterocycles. The van der Waals surface area contributed by atoms with Gasteiger partial charge in [0.15, 0.2) is 0 Å². The number of hydrogen-bond acceptors (Lipinski definition) is 0. The van der Waals surface area contributed by atoms with E-state index in [0.717, 1.165) is 0 Å². The Balaban J connectivity index is 0.981. The zero-order valence-electron chi connectivity index (χ0n) is 30.5. The van der Waals surface area contributed by atoms with Crippen LogP contribution in [-0.2, 0) is 0 Å². The summed E-state index contributed by atoms with van der Waals surface area (Å²) >= 11 is 0. The van der Waals surface area contributed by atoms with Gasteiger partial charge in [0.1, 0.15) is 0 Å². The van der Waals surface area contributed by atoms with E-state index in [0.29, 0.717) is 0 Å². The van der Waals surface area contributed by atoms with E-state index in [4.69, 9.17) is 0 Å². The smallest absolute Gasteiger partial charge is 0.0547 e. The monoisotopic (exact) mass is 710 g/mol. The largest absolute Gasteiger partial charge is 0.309 e. The van der Waals surface area contributed by atoms with Gasteiger partial charge in [-0.2, -0.15) is 0 Å². The minimum Gasteiger partial charge on any atom is -0.309 e. The molecular formula is C54H34N2. The van der Waals surface area contributed by atoms with Gasteiger partial charge in [0.25, 0.3) is 0 Å². The van der Waals surface area contributed by atoms with Crippen molar-refractivity contribution in [2.24, 2.45) is 0 Å². The predicted octanol–water partition coefficient (Wildman–Crippen LogP) is 14.7. The summed E-state index contributed by atoms with van der Waals surface area (Å²) in [6.45, 7) is 0. The normalized spacial score (nSPS) is 11.9. The third-order valence-corrected chi connectivity index (χ3v) is 11.9. The minimum atomic E-state index is 1.17. The molecule has 0 bridgehead atoms. The molecule has 56 heavy (non-hydrogen) atoms. The molecule has 0 atom stereocenters. The molecule has 0 radical (unpaired) electrons. The van der Waals surface area contributed by atoms with Gasteiger partial charge in [0, 0.05) is 32.9 Å². The van der Waals surface area contributed by atoms with Gasteiger partial charge in [-0.3, -0.25) is 0 Å². The maximum atomic E-state index is 2.45. The van der Waals surface area contributed by atoms with E-state index in [1.165, 1.54) is 110 Å². The van der Waals surface area contributed by atoms with Crippen LogP contribution in [-0.4, -0.2) is 9.13 Å². The standard InChI is InChI=1S/C54H34N2/c1-2-12-39(13-3-1)55-52-21-11-9-19-47(52)50-32-37(27-31-53(50)55)35-22-24-36(25-23-35)38-26-29-48-46-18-8-10-20-51(46)56(54(48)33-38)40-28-30-45-43-16-5-4-14-41(43)42-15-6-7-17-44(42)49(45)34-40/h1-34H. The lowest BCUT2D eigenvalue weighted by atomic mass is 9.94. The molecule has 2 heteroatoms. The van der Waals surface area contributed by atoms with Crippen LogP contribution in [0.25, 0.3) is 110 Å². The fraction of sp³-hybridized carbons (Fsp3) is 0. The van der Waals surface area contributed by atoms with Crippen molar-refractivity contribution in [2.75, 3.05) is 0 Å². The molecule has 2 aromatic heterocycles. The zero-order valence-corrected chi connectivity index (χ0v) is 30.5. The van der Waals surface area contributed by atoms with Crippen molar-refractivity contribution in [3.63, 3.8) is 0 Å². The quantitative estimate of drug-likeness (QED) is 0.161. The third kappa shape index (κ3) is 4.57. The molecule has 0 aliphatic carbocycles. The predicted molar refractivity (Wildman–Crippen MR) is 239 cm³/mol. The van der Waals surface area contributed by atoms with Crippen LogP contribution in [0.3, 0.4) is 0 Å². The highest BCUT2D eigenvalue weighted by Crippen LogP contribution is 2.40. The molecule has 0 aliphatic rings. The van der Waals surface area contributed by atoms with Crippen molar-refractivity contribution in [3.8, 4) is 33.6 Å². The maximum absolute atomic E-state index is 2.45. The molecule has 2 nitrogen and oxygen atoms in total. The van der Waals surface area contributed by atoms with E-state index in [-0.39, 0.29) is 0 Å². The van der Waals surface area contributed by atoms with Crippen LogP contribution >= 0.6 is 0 Å². The first kappa shape index (κ1) is 31.0. The third-order valence-electron chi connectivity index (χ3n) is 11.9. The van der Waals surface area contributed by atoms with Crippen LogP contribution in [0, 0.1) is 0 Å². The van der Waals surface area contributed by atoms with Gasteiger partial charge in [-0.15, -0.1) is 0 Å². The van der Waals surface area contributed by atoms with Crippen molar-refractivity contribution >= 4 is 75.9 Å². The van der Waals surface area contributed by atoms with Gasteiger partial charge >= 0.3 is 0 Å². The first-order chi connectivity index (χ1) is 27.8. The number of benzene rings is 10. The van der Waals surface area contributed by atoms with Crippen LogP contribution in [0.15, 0.2) is 206 Å². The van der Waals surface area contributed by atoms with Crippen molar-refractivity contribution < 1.29 is 0 Å². The Morgan fingerprint density at radius 2 is 0.607 bits per heavy atom. The molecule has 0 saturated heterocycles. The summed E-state index contributed by atoms with van der Waals surface area (Å²) in [6.07, 6.45) is 0. The average Bonchev–Trinajstić information content (AvgIpc) is 3.79. The van der Waals surface area contributed by atoms with Crippen LogP contribution in [0.4, 0.5) is 0 Å². The molecule has 2 heterocycles. The molecule has 12 rings (SSSR count). The van der Waals surface area contributed by atoms with Gasteiger partial charge in [0.2, 0.25) is 0 Å². The second-order valence-corrected chi connectivity index (χ2v) is 14.9. The highest BCUT2D eigenvalue weighted by atomic mass is 15.0. The Kier molecular flexibility index (Phi) is 6.66. The highest BCUT2D eigenvalue weighted by molar-refractivity contribution is 6.25. The van der Waals surface area contributed by atoms with Crippen molar-refractivity contribution in [1.29, 1.82) is 0 Å². The summed E-state index contributed by atoms with van der Waals surface area (Å²) in [6, 6.07) is 75.7. The molecule has 12 aromatic rings. The van der Waals surface area contributed by atoms with Gasteiger partial charge in [-0.25, -0.2) is 0 Å². The Hall–Kier alpha value is -7.42. The number of hydrogen-bond donors (Lipinski definition) is 0. The molecule has 260 valence electrons. The molecule has 0 fully saturated rings. The lowest BCUT2D eigenvalue weighted by molar-refractivity contribution is 1.18. The number of rotatable bonds is 4. The average molecular weight is 711 g/mol. The van der Waals surface area contributed by atoms with Crippen LogP contribution in [0.1, 0.15) is 0 Å². The molecule has 0 amide bonds. The Labute approximate surface area is 323 Å². The molecular weight excluding hydrogens is 677 g/mol. The Bertz CT molecular complexity index is 3480. The lowest BCUT2D eigenvalue weighted by Gasteiger charge is -2.14. The molecule has 0 saturated carbocycles. The number of fused-ring (bicyclic) bond motifs is 12. The van der Waals surface area contributed by atoms with E-state index < -0.39 is 0 Å². The summed E-state index contributed by atoms with van der Waals surface area (Å²) in [7, 11) is 0. The Morgan fingerprint density at radius 1 is 0.196 bits per heavy atom. The molecule has 0 N–H and O–H groups in total. The van der Waals surface area contributed by atoms with E-state index in [2.05, 4.69) is 215 Å². The molecule has 0 unspecified atom stereocenters. The summed E-state index contributed by atoms with van der Waals surface area (Å²) in [5, 5.41) is 12.8. The highest BCUT2D eigenvalue weighted by Gasteiger charge is 2.17. The van der Waals surface area contributed by atoms with E-state index >= 15 is 0 Å². The van der Waals surface area contributed by atoms with Crippen molar-refractivity contribution in [2.45, 2.75) is 0 Å². The molecule has 0 spiro atoms. The summed E-state index contributed by atoms with van der Waals surface area (Å²) in [4.78, 5) is 0. The topological polar surface area (TPSA) is 9.86 Å². The number of nitrogens with zero attached hydrogens (tertiary/aromatic N) is 2. The summed E-state index contributed by atoms with van der Waals surface area (Å²) in [5.41, 5.74) is 12.0. The minimum absolute atomic E-state index is 1.17. The lowest BCUT2D eigenvalue weighted by Crippen LogP contribution is -1.95. The zero-order chi connectivity index (χ0) is 36.7. The summed E-state index contributed by atoms with van der Waals surface area (Å²) < 4.78 is 4.82. The van der Waals surface area contributed by atoms with Gasteiger partial charge < -0.3 is 9.13 Å². The second kappa shape index (κ2) is 12.0. The fourth-order valence-electron chi connectivity index (χ4n) is 9.33. The van der Waals surface area contributed by atoms with Gasteiger partial charge in [-0.1, -0.05) is 152 Å². The van der Waals surface area contributed by atoms with E-state index in [1.807, 2.05) is 0 Å². The first-order valence-corrected chi connectivity index (χ1v) is 19.3. The first-order valence-electron chi connectivity index (χ1n) is 19.3. The van der Waals surface area contributed by atoms with Gasteiger partial charge in [0.05, 0.1) is 22.1 Å². The number of aromatic nitrogens is 2. The second-order valence-electron chi connectivity index (χ2n) is 14.9. The van der Waals surface area contributed by atoms with Gasteiger partial charge in [-0.05, 0) is 109 Å². The van der Waals surface area contributed by atoms with Crippen molar-refractivity contribution in [1.82, 2.24) is 9.13 Å². The van der Waals surface area contributed by atoms with E-state index in [9.17, 15) is 0 Å².